The van der Waals surface area contributed by atoms with Crippen LogP contribution >= 0.6 is 0 Å². The van der Waals surface area contributed by atoms with Crippen molar-refractivity contribution in [2.75, 3.05) is 20.3 Å². The van der Waals surface area contributed by atoms with Gasteiger partial charge in [0.2, 0.25) is 0 Å². The molecule has 1 saturated heterocycles. The Morgan fingerprint density at radius 3 is 2.48 bits per heavy atom. The lowest BCUT2D eigenvalue weighted by Gasteiger charge is -2.25. The number of hydrogen-bond donors (Lipinski definition) is 1. The second-order valence-electron chi connectivity index (χ2n) is 7.09. The van der Waals surface area contributed by atoms with E-state index in [9.17, 15) is 14.7 Å². The van der Waals surface area contributed by atoms with Crippen molar-refractivity contribution in [3.8, 4) is 5.75 Å². The first-order valence-electron chi connectivity index (χ1n) is 9.53. The Hall–Kier alpha value is -3.12. The van der Waals surface area contributed by atoms with Crippen LogP contribution < -0.4 is 4.74 Å². The van der Waals surface area contributed by atoms with Crippen molar-refractivity contribution in [1.29, 1.82) is 0 Å². The molecule has 6 heteroatoms. The lowest BCUT2D eigenvalue weighted by molar-refractivity contribution is -0.140. The van der Waals surface area contributed by atoms with Crippen LogP contribution in [0.4, 0.5) is 0 Å². The highest BCUT2D eigenvalue weighted by atomic mass is 16.5. The smallest absolute Gasteiger partial charge is 0.295 e. The topological polar surface area (TPSA) is 76.1 Å². The fraction of sp³-hybridized carbons (Fsp3) is 0.304. The van der Waals surface area contributed by atoms with Crippen LogP contribution in [0.25, 0.3) is 5.76 Å². The van der Waals surface area contributed by atoms with Crippen LogP contribution in [0.5, 0.6) is 5.75 Å². The summed E-state index contributed by atoms with van der Waals surface area (Å²) in [6.45, 7) is 4.35. The van der Waals surface area contributed by atoms with Crippen LogP contribution in [-0.4, -0.2) is 48.1 Å². The van der Waals surface area contributed by atoms with Gasteiger partial charge in [0.1, 0.15) is 11.5 Å². The third kappa shape index (κ3) is 4.32. The normalized spacial score (nSPS) is 18.5. The number of benzene rings is 2. The van der Waals surface area contributed by atoms with Gasteiger partial charge in [0, 0.05) is 19.2 Å². The number of aliphatic hydroxyl groups is 1. The monoisotopic (exact) mass is 395 g/mol. The lowest BCUT2D eigenvalue weighted by Crippen LogP contribution is -2.32. The van der Waals surface area contributed by atoms with E-state index in [2.05, 4.69) is 0 Å². The van der Waals surface area contributed by atoms with Crippen LogP contribution in [0.1, 0.15) is 31.0 Å². The van der Waals surface area contributed by atoms with Crippen molar-refractivity contribution in [3.63, 3.8) is 0 Å². The molecule has 0 aliphatic carbocycles. The van der Waals surface area contributed by atoms with Gasteiger partial charge < -0.3 is 19.5 Å². The number of amides is 1. The van der Waals surface area contributed by atoms with Gasteiger partial charge in [-0.2, -0.15) is 0 Å². The quantitative estimate of drug-likeness (QED) is 0.441. The minimum absolute atomic E-state index is 0.0191. The van der Waals surface area contributed by atoms with Gasteiger partial charge in [-0.3, -0.25) is 9.59 Å². The molecule has 0 aromatic heterocycles. The molecule has 0 spiro atoms. The molecule has 1 aliphatic heterocycles. The molecule has 1 amide bonds. The van der Waals surface area contributed by atoms with Gasteiger partial charge in [-0.1, -0.05) is 42.5 Å². The summed E-state index contributed by atoms with van der Waals surface area (Å²) >= 11 is 0. The van der Waals surface area contributed by atoms with Crippen LogP contribution in [0.3, 0.4) is 0 Å². The van der Waals surface area contributed by atoms with Gasteiger partial charge in [0.25, 0.3) is 11.7 Å². The van der Waals surface area contributed by atoms with Crippen molar-refractivity contribution in [2.45, 2.75) is 26.0 Å². The van der Waals surface area contributed by atoms with E-state index in [1.807, 2.05) is 38.1 Å². The number of ketones is 1. The van der Waals surface area contributed by atoms with E-state index in [-0.39, 0.29) is 30.6 Å². The average Bonchev–Trinajstić information content (AvgIpc) is 2.96. The van der Waals surface area contributed by atoms with E-state index in [4.69, 9.17) is 9.47 Å². The molecular formula is C23H25NO5. The molecule has 0 bridgehead atoms. The van der Waals surface area contributed by atoms with Crippen molar-refractivity contribution >= 4 is 17.4 Å². The Morgan fingerprint density at radius 1 is 1.10 bits per heavy atom. The summed E-state index contributed by atoms with van der Waals surface area (Å²) < 4.78 is 10.9. The van der Waals surface area contributed by atoms with E-state index in [1.54, 1.807) is 30.3 Å². The van der Waals surface area contributed by atoms with Gasteiger partial charge >= 0.3 is 0 Å². The molecule has 3 rings (SSSR count). The summed E-state index contributed by atoms with van der Waals surface area (Å²) in [6, 6.07) is 15.3. The Labute approximate surface area is 170 Å². The van der Waals surface area contributed by atoms with Crippen LogP contribution in [-0.2, 0) is 14.3 Å². The number of likely N-dealkylation sites (tertiary alicyclic amines) is 1. The second kappa shape index (κ2) is 8.92. The van der Waals surface area contributed by atoms with E-state index >= 15 is 0 Å². The minimum Gasteiger partial charge on any atom is -0.507 e. The molecule has 1 aliphatic rings. The molecule has 1 unspecified atom stereocenters. The largest absolute Gasteiger partial charge is 0.507 e. The number of hydrogen-bond acceptors (Lipinski definition) is 5. The first kappa shape index (κ1) is 20.6. The Bertz CT molecular complexity index is 920. The highest BCUT2D eigenvalue weighted by Crippen LogP contribution is 2.40. The van der Waals surface area contributed by atoms with E-state index in [0.29, 0.717) is 16.9 Å². The maximum atomic E-state index is 12.9. The summed E-state index contributed by atoms with van der Waals surface area (Å²) in [5.41, 5.74) is 1.24. The molecule has 1 atom stereocenters. The Kier molecular flexibility index (Phi) is 6.34. The molecule has 1 fully saturated rings. The molecule has 0 saturated carbocycles. The Balaban J connectivity index is 2.13. The van der Waals surface area contributed by atoms with Crippen molar-refractivity contribution in [3.05, 3.63) is 71.3 Å². The minimum atomic E-state index is -0.721. The first-order valence-corrected chi connectivity index (χ1v) is 9.53. The fourth-order valence-electron chi connectivity index (χ4n) is 3.43. The van der Waals surface area contributed by atoms with Crippen LogP contribution in [0.15, 0.2) is 60.2 Å². The maximum Gasteiger partial charge on any atom is 0.295 e. The molecule has 6 nitrogen and oxygen atoms in total. The van der Waals surface area contributed by atoms with Crippen molar-refractivity contribution in [2.24, 2.45) is 0 Å². The number of rotatable bonds is 7. The first-order chi connectivity index (χ1) is 13.9. The van der Waals surface area contributed by atoms with E-state index in [1.165, 1.54) is 12.0 Å². The average molecular weight is 395 g/mol. The summed E-state index contributed by atoms with van der Waals surface area (Å²) in [6.07, 6.45) is -0.0191. The number of nitrogens with zero attached hydrogens (tertiary/aromatic N) is 1. The maximum absolute atomic E-state index is 12.9. The van der Waals surface area contributed by atoms with Crippen molar-refractivity contribution in [1.82, 2.24) is 4.90 Å². The number of ether oxygens (including phenoxy) is 2. The lowest BCUT2D eigenvalue weighted by atomic mass is 9.95. The van der Waals surface area contributed by atoms with Gasteiger partial charge in [-0.05, 0) is 31.5 Å². The molecule has 2 aromatic carbocycles. The third-order valence-electron chi connectivity index (χ3n) is 4.67. The predicted octanol–water partition coefficient (Wildman–Crippen LogP) is 3.54. The molecule has 1 N–H and O–H groups in total. The van der Waals surface area contributed by atoms with Crippen LogP contribution in [0, 0.1) is 0 Å². The highest BCUT2D eigenvalue weighted by molar-refractivity contribution is 6.46. The molecule has 2 aromatic rings. The van der Waals surface area contributed by atoms with E-state index in [0.717, 1.165) is 0 Å². The van der Waals surface area contributed by atoms with Gasteiger partial charge in [-0.15, -0.1) is 0 Å². The second-order valence-corrected chi connectivity index (χ2v) is 7.09. The zero-order chi connectivity index (χ0) is 21.0. The Morgan fingerprint density at radius 2 is 1.83 bits per heavy atom. The van der Waals surface area contributed by atoms with Gasteiger partial charge in [-0.25, -0.2) is 0 Å². The number of Topliss-reactive ketones (excluding diaryl/α,β-unsaturated/α-hetero) is 1. The third-order valence-corrected chi connectivity index (χ3v) is 4.67. The highest BCUT2D eigenvalue weighted by Gasteiger charge is 2.45. The SMILES string of the molecule is COCCN1C(=O)C(=O)/C(=C(\O)c2ccccc2)C1c1cccc(OC(C)C)c1. The molecule has 29 heavy (non-hydrogen) atoms. The van der Waals surface area contributed by atoms with E-state index < -0.39 is 17.7 Å². The van der Waals surface area contributed by atoms with Crippen LogP contribution in [0.2, 0.25) is 0 Å². The number of aliphatic hydroxyl groups excluding tert-OH is 1. The summed E-state index contributed by atoms with van der Waals surface area (Å²) in [5.74, 6) is -0.916. The fourth-order valence-corrected chi connectivity index (χ4v) is 3.43. The van der Waals surface area contributed by atoms with Gasteiger partial charge in [0.15, 0.2) is 0 Å². The zero-order valence-electron chi connectivity index (χ0n) is 16.8. The summed E-state index contributed by atoms with van der Waals surface area (Å²) in [4.78, 5) is 27.0. The van der Waals surface area contributed by atoms with Gasteiger partial charge in [0.05, 0.1) is 24.3 Å². The predicted molar refractivity (Wildman–Crippen MR) is 110 cm³/mol. The molecule has 1 heterocycles. The summed E-state index contributed by atoms with van der Waals surface area (Å²) in [7, 11) is 1.53. The number of methoxy groups -OCH3 is 1. The number of carbonyl (C=O) groups excluding carboxylic acids is 2. The summed E-state index contributed by atoms with van der Waals surface area (Å²) in [5, 5.41) is 10.9. The number of carbonyl (C=O) groups is 2. The zero-order valence-corrected chi connectivity index (χ0v) is 16.8. The molecule has 152 valence electrons. The van der Waals surface area contributed by atoms with Crippen molar-refractivity contribution < 1.29 is 24.2 Å². The molecule has 0 radical (unpaired) electrons. The standard InChI is InChI=1S/C23H25NO5/c1-15(2)29-18-11-7-10-17(14-18)20-19(21(25)16-8-5-4-6-9-16)22(26)23(27)24(20)12-13-28-3/h4-11,14-15,20,25H,12-13H2,1-3H3/b21-19-. The molecular weight excluding hydrogens is 370 g/mol.